The van der Waals surface area contributed by atoms with Gasteiger partial charge in [-0.25, -0.2) is 0 Å². The van der Waals surface area contributed by atoms with E-state index >= 15 is 0 Å². The predicted octanol–water partition coefficient (Wildman–Crippen LogP) is 4.63. The summed E-state index contributed by atoms with van der Waals surface area (Å²) in [6.45, 7) is 1.58. The number of ether oxygens (including phenoxy) is 1. The van der Waals surface area contributed by atoms with Gasteiger partial charge in [-0.3, -0.25) is 9.78 Å². The van der Waals surface area contributed by atoms with Crippen LogP contribution in [0.2, 0.25) is 0 Å². The smallest absolute Gasteiger partial charge is 0.227 e. The number of carbonyl (C=O) groups is 1. The zero-order valence-electron chi connectivity index (χ0n) is 17.5. The van der Waals surface area contributed by atoms with E-state index in [1.807, 2.05) is 53.4 Å². The lowest BCUT2D eigenvalue weighted by Gasteiger charge is -2.32. The van der Waals surface area contributed by atoms with Crippen LogP contribution in [0.25, 0.3) is 0 Å². The molecule has 2 heterocycles. The van der Waals surface area contributed by atoms with Crippen LogP contribution in [0.15, 0.2) is 72.8 Å². The highest BCUT2D eigenvalue weighted by atomic mass is 16.5. The summed E-state index contributed by atoms with van der Waals surface area (Å²) < 4.78 is 5.48. The molecule has 4 rings (SSSR count). The van der Waals surface area contributed by atoms with Crippen LogP contribution in [0.1, 0.15) is 41.3 Å². The van der Waals surface area contributed by atoms with Crippen LogP contribution in [0, 0.1) is 0 Å². The van der Waals surface area contributed by atoms with Crippen molar-refractivity contribution in [1.29, 1.82) is 0 Å². The van der Waals surface area contributed by atoms with Crippen molar-refractivity contribution in [2.24, 2.45) is 0 Å². The van der Waals surface area contributed by atoms with Gasteiger partial charge in [0, 0.05) is 42.4 Å². The first-order valence-electron chi connectivity index (χ1n) is 10.6. The van der Waals surface area contributed by atoms with E-state index in [0.29, 0.717) is 6.42 Å². The van der Waals surface area contributed by atoms with Gasteiger partial charge < -0.3 is 9.64 Å². The minimum absolute atomic E-state index is 0.205. The molecule has 0 radical (unpaired) electrons. The standard InChI is InChI=1S/C26H28N2O2/c1-30-25-15-6-5-11-21(25)18-23-13-7-14-24(27-23)22-12-8-16-28(19-22)26(29)17-20-9-3-2-4-10-20/h2-7,9-11,13-15,22H,8,12,16-19H2,1H3. The van der Waals surface area contributed by atoms with Crippen LogP contribution in [-0.2, 0) is 17.6 Å². The van der Waals surface area contributed by atoms with Gasteiger partial charge in [0.25, 0.3) is 0 Å². The number of hydrogen-bond acceptors (Lipinski definition) is 3. The summed E-state index contributed by atoms with van der Waals surface area (Å²) in [5, 5.41) is 0. The first-order chi connectivity index (χ1) is 14.7. The van der Waals surface area contributed by atoms with E-state index in [1.54, 1.807) is 7.11 Å². The number of carbonyl (C=O) groups excluding carboxylic acids is 1. The average Bonchev–Trinajstić information content (AvgIpc) is 2.80. The molecule has 4 heteroatoms. The fourth-order valence-corrected chi connectivity index (χ4v) is 4.20. The summed E-state index contributed by atoms with van der Waals surface area (Å²) in [6, 6.07) is 24.3. The number of rotatable bonds is 6. The number of nitrogens with zero attached hydrogens (tertiary/aromatic N) is 2. The Hall–Kier alpha value is -3.14. The van der Waals surface area contributed by atoms with Gasteiger partial charge in [-0.05, 0) is 36.6 Å². The summed E-state index contributed by atoms with van der Waals surface area (Å²) in [5.41, 5.74) is 4.32. The highest BCUT2D eigenvalue weighted by molar-refractivity contribution is 5.79. The third-order valence-corrected chi connectivity index (χ3v) is 5.78. The van der Waals surface area contributed by atoms with Gasteiger partial charge in [0.2, 0.25) is 5.91 Å². The number of pyridine rings is 1. The minimum Gasteiger partial charge on any atom is -0.496 e. The molecule has 0 N–H and O–H groups in total. The Morgan fingerprint density at radius 1 is 1.03 bits per heavy atom. The Bertz CT molecular complexity index is 987. The Balaban J connectivity index is 1.44. The van der Waals surface area contributed by atoms with Gasteiger partial charge in [0.05, 0.1) is 13.5 Å². The molecule has 154 valence electrons. The van der Waals surface area contributed by atoms with Crippen molar-refractivity contribution in [2.45, 2.75) is 31.6 Å². The molecule has 1 aliphatic rings. The number of piperidine rings is 1. The van der Waals surface area contributed by atoms with Crippen LogP contribution in [0.5, 0.6) is 5.75 Å². The fraction of sp³-hybridized carbons (Fsp3) is 0.308. The summed E-state index contributed by atoms with van der Waals surface area (Å²) in [5.74, 6) is 1.38. The van der Waals surface area contributed by atoms with E-state index in [4.69, 9.17) is 9.72 Å². The third kappa shape index (κ3) is 4.88. The molecule has 2 aromatic carbocycles. The Morgan fingerprint density at radius 2 is 1.83 bits per heavy atom. The second kappa shape index (κ2) is 9.57. The number of hydrogen-bond donors (Lipinski definition) is 0. The summed E-state index contributed by atoms with van der Waals surface area (Å²) >= 11 is 0. The molecule has 0 bridgehead atoms. The van der Waals surface area contributed by atoms with Crippen LogP contribution in [-0.4, -0.2) is 36.0 Å². The van der Waals surface area contributed by atoms with Gasteiger partial charge in [0.1, 0.15) is 5.75 Å². The molecule has 1 amide bonds. The molecule has 1 saturated heterocycles. The number of methoxy groups -OCH3 is 1. The van der Waals surface area contributed by atoms with E-state index in [-0.39, 0.29) is 11.8 Å². The number of aromatic nitrogens is 1. The number of benzene rings is 2. The maximum absolute atomic E-state index is 12.8. The second-order valence-corrected chi connectivity index (χ2v) is 7.88. The lowest BCUT2D eigenvalue weighted by Crippen LogP contribution is -2.40. The maximum Gasteiger partial charge on any atom is 0.227 e. The van der Waals surface area contributed by atoms with E-state index in [0.717, 1.165) is 60.6 Å². The summed E-state index contributed by atoms with van der Waals surface area (Å²) in [4.78, 5) is 19.8. The zero-order chi connectivity index (χ0) is 20.8. The van der Waals surface area contributed by atoms with Crippen molar-refractivity contribution in [1.82, 2.24) is 9.88 Å². The molecular formula is C26H28N2O2. The van der Waals surface area contributed by atoms with Gasteiger partial charge in [0.15, 0.2) is 0 Å². The average molecular weight is 401 g/mol. The molecule has 1 aromatic heterocycles. The fourth-order valence-electron chi connectivity index (χ4n) is 4.20. The number of likely N-dealkylation sites (tertiary alicyclic amines) is 1. The van der Waals surface area contributed by atoms with Crippen molar-refractivity contribution < 1.29 is 9.53 Å². The van der Waals surface area contributed by atoms with Crippen LogP contribution >= 0.6 is 0 Å². The summed E-state index contributed by atoms with van der Waals surface area (Å²) in [7, 11) is 1.70. The van der Waals surface area contributed by atoms with E-state index in [2.05, 4.69) is 24.3 Å². The van der Waals surface area contributed by atoms with Crippen LogP contribution < -0.4 is 4.74 Å². The molecule has 4 nitrogen and oxygen atoms in total. The van der Waals surface area contributed by atoms with Crippen molar-refractivity contribution in [3.8, 4) is 5.75 Å². The Morgan fingerprint density at radius 3 is 2.67 bits per heavy atom. The molecule has 0 aliphatic carbocycles. The van der Waals surface area contributed by atoms with Crippen molar-refractivity contribution in [3.05, 3.63) is 95.3 Å². The minimum atomic E-state index is 0.205. The quantitative estimate of drug-likeness (QED) is 0.606. The van der Waals surface area contributed by atoms with Crippen LogP contribution in [0.3, 0.4) is 0 Å². The molecule has 1 unspecified atom stereocenters. The summed E-state index contributed by atoms with van der Waals surface area (Å²) in [6.07, 6.45) is 3.29. The monoisotopic (exact) mass is 400 g/mol. The molecule has 0 spiro atoms. The largest absolute Gasteiger partial charge is 0.496 e. The van der Waals surface area contributed by atoms with Gasteiger partial charge in [-0.1, -0.05) is 54.6 Å². The van der Waals surface area contributed by atoms with Crippen molar-refractivity contribution in [2.75, 3.05) is 20.2 Å². The Kier molecular flexibility index (Phi) is 6.43. The first-order valence-corrected chi connectivity index (χ1v) is 10.6. The zero-order valence-corrected chi connectivity index (χ0v) is 17.5. The van der Waals surface area contributed by atoms with E-state index in [1.165, 1.54) is 0 Å². The van der Waals surface area contributed by atoms with E-state index in [9.17, 15) is 4.79 Å². The number of amides is 1. The lowest BCUT2D eigenvalue weighted by atomic mass is 9.93. The van der Waals surface area contributed by atoms with Crippen LogP contribution in [0.4, 0.5) is 0 Å². The highest BCUT2D eigenvalue weighted by Crippen LogP contribution is 2.27. The highest BCUT2D eigenvalue weighted by Gasteiger charge is 2.25. The van der Waals surface area contributed by atoms with Crippen molar-refractivity contribution in [3.63, 3.8) is 0 Å². The van der Waals surface area contributed by atoms with E-state index < -0.39 is 0 Å². The topological polar surface area (TPSA) is 42.4 Å². The van der Waals surface area contributed by atoms with Gasteiger partial charge in [-0.15, -0.1) is 0 Å². The lowest BCUT2D eigenvalue weighted by molar-refractivity contribution is -0.131. The van der Waals surface area contributed by atoms with Gasteiger partial charge in [-0.2, -0.15) is 0 Å². The molecule has 1 aliphatic heterocycles. The molecule has 30 heavy (non-hydrogen) atoms. The molecule has 3 aromatic rings. The SMILES string of the molecule is COc1ccccc1Cc1cccc(C2CCCN(C(=O)Cc3ccccc3)C2)n1. The maximum atomic E-state index is 12.8. The normalized spacial score (nSPS) is 16.3. The first kappa shape index (κ1) is 20.1. The molecule has 1 atom stereocenters. The third-order valence-electron chi connectivity index (χ3n) is 5.78. The van der Waals surface area contributed by atoms with Crippen molar-refractivity contribution >= 4 is 5.91 Å². The van der Waals surface area contributed by atoms with Gasteiger partial charge >= 0.3 is 0 Å². The molecular weight excluding hydrogens is 372 g/mol. The molecule has 1 fully saturated rings. The predicted molar refractivity (Wildman–Crippen MR) is 119 cm³/mol. The number of para-hydroxylation sites is 1. The second-order valence-electron chi connectivity index (χ2n) is 7.88. The molecule has 0 saturated carbocycles. The Labute approximate surface area is 178 Å².